The van der Waals surface area contributed by atoms with Crippen LogP contribution in [-0.2, 0) is 10.8 Å². The van der Waals surface area contributed by atoms with Crippen LogP contribution < -0.4 is 9.80 Å². The van der Waals surface area contributed by atoms with Crippen molar-refractivity contribution in [2.75, 3.05) is 9.80 Å². The largest absolute Gasteiger partial charge is 0.308 e. The van der Waals surface area contributed by atoms with E-state index in [1.807, 2.05) is 30.3 Å². The first-order valence-electron chi connectivity index (χ1n) is 21.7. The van der Waals surface area contributed by atoms with Gasteiger partial charge in [0, 0.05) is 32.7 Å². The third-order valence-corrected chi connectivity index (χ3v) is 14.1. The lowest BCUT2D eigenvalue weighted by molar-refractivity contribution is 0.629. The molecule has 12 rings (SSSR count). The first-order valence-corrected chi connectivity index (χ1v) is 21.7. The van der Waals surface area contributed by atoms with Crippen molar-refractivity contribution in [3.8, 4) is 28.3 Å². The molecule has 0 radical (unpaired) electrons. The highest BCUT2D eigenvalue weighted by Gasteiger charge is 2.40. The minimum atomic E-state index is -0.291. The van der Waals surface area contributed by atoms with E-state index in [1.54, 1.807) is 12.1 Å². The maximum absolute atomic E-state index is 16.5. The van der Waals surface area contributed by atoms with E-state index < -0.39 is 0 Å². The number of fused-ring (bicyclic) bond motifs is 6. The molecule has 2 aliphatic carbocycles. The number of anilines is 6. The van der Waals surface area contributed by atoms with Gasteiger partial charge in [0.25, 0.3) is 0 Å². The van der Waals surface area contributed by atoms with Gasteiger partial charge in [0.15, 0.2) is 0 Å². The lowest BCUT2D eigenvalue weighted by Gasteiger charge is -2.32. The molecule has 0 unspecified atom stereocenters. The molecule has 0 aromatic heterocycles. The second kappa shape index (κ2) is 13.4. The van der Waals surface area contributed by atoms with Gasteiger partial charge in [0.2, 0.25) is 0 Å². The first kappa shape index (κ1) is 37.1. The van der Waals surface area contributed by atoms with Crippen LogP contribution in [0.5, 0.6) is 0 Å². The Morgan fingerprint density at radius 3 is 1.33 bits per heavy atom. The van der Waals surface area contributed by atoms with Crippen molar-refractivity contribution in [1.82, 2.24) is 0 Å². The van der Waals surface area contributed by atoms with Crippen LogP contribution in [0.3, 0.4) is 0 Å². The minimum absolute atomic E-state index is 0.206. The third kappa shape index (κ3) is 5.11. The monoisotopic (exact) mass is 811 g/mol. The van der Waals surface area contributed by atoms with E-state index in [9.17, 15) is 5.26 Å². The molecular formula is C59H42FN3. The zero-order valence-electron chi connectivity index (χ0n) is 35.5. The summed E-state index contributed by atoms with van der Waals surface area (Å²) in [5, 5.41) is 17.2. The Morgan fingerprint density at radius 2 is 0.810 bits per heavy atom. The molecule has 0 bridgehead atoms. The van der Waals surface area contributed by atoms with E-state index in [0.29, 0.717) is 11.3 Å². The van der Waals surface area contributed by atoms with E-state index >= 15 is 4.39 Å². The molecule has 2 aliphatic rings. The van der Waals surface area contributed by atoms with E-state index in [2.05, 4.69) is 183 Å². The summed E-state index contributed by atoms with van der Waals surface area (Å²) in [7, 11) is 0. The molecule has 0 saturated heterocycles. The van der Waals surface area contributed by atoms with Gasteiger partial charge >= 0.3 is 0 Å². The summed E-state index contributed by atoms with van der Waals surface area (Å²) in [5.74, 6) is -0.291. The molecule has 4 heteroatoms. The fraction of sp³-hybridized carbons (Fsp3) is 0.102. The van der Waals surface area contributed by atoms with Gasteiger partial charge in [-0.05, 0) is 103 Å². The van der Waals surface area contributed by atoms with Gasteiger partial charge in [-0.2, -0.15) is 5.26 Å². The quantitative estimate of drug-likeness (QED) is 0.157. The molecule has 300 valence electrons. The molecular weight excluding hydrogens is 770 g/mol. The fourth-order valence-electron chi connectivity index (χ4n) is 11.2. The molecule has 0 amide bonds. The summed E-state index contributed by atoms with van der Waals surface area (Å²) in [6, 6.07) is 65.6. The van der Waals surface area contributed by atoms with Gasteiger partial charge in [-0.25, -0.2) is 4.39 Å². The number of halogens is 1. The average Bonchev–Trinajstić information content (AvgIpc) is 3.70. The van der Waals surface area contributed by atoms with E-state index in [4.69, 9.17) is 0 Å². The van der Waals surface area contributed by atoms with Crippen molar-refractivity contribution < 1.29 is 4.39 Å². The standard InChI is InChI=1S/C59H42FN3/c1-58(2)43-18-8-6-16-39(43)56-45(58)20-13-25-52(56)62(48-23-11-5-15-38(48)35-61)49-33-29-36-28-32-42-50(34-30-37-27-31-41(49)54(36)55(37)42)63(51-24-12-10-22-47(51)60)53-26-14-21-46-57(53)40-17-7-9-19-44(40)59(46,3)4/h5-34H,1-4H3. The van der Waals surface area contributed by atoms with E-state index in [1.165, 1.54) is 38.9 Å². The predicted molar refractivity (Wildman–Crippen MR) is 259 cm³/mol. The second-order valence-electron chi connectivity index (χ2n) is 18.1. The molecule has 0 fully saturated rings. The molecule has 0 saturated carbocycles. The maximum atomic E-state index is 16.5. The highest BCUT2D eigenvalue weighted by Crippen LogP contribution is 2.57. The van der Waals surface area contributed by atoms with Gasteiger partial charge in [0.05, 0.1) is 39.7 Å². The van der Waals surface area contributed by atoms with Gasteiger partial charge in [-0.1, -0.05) is 161 Å². The van der Waals surface area contributed by atoms with E-state index in [-0.39, 0.29) is 16.6 Å². The third-order valence-electron chi connectivity index (χ3n) is 14.1. The molecule has 10 aromatic rings. The van der Waals surface area contributed by atoms with Crippen LogP contribution in [0, 0.1) is 17.1 Å². The number of nitrogens with zero attached hydrogens (tertiary/aromatic N) is 3. The summed E-state index contributed by atoms with van der Waals surface area (Å²) in [6.45, 7) is 9.17. The molecule has 0 aliphatic heterocycles. The van der Waals surface area contributed by atoms with Crippen molar-refractivity contribution >= 4 is 66.4 Å². The van der Waals surface area contributed by atoms with E-state index in [0.717, 1.165) is 66.3 Å². The van der Waals surface area contributed by atoms with Crippen LogP contribution in [0.15, 0.2) is 182 Å². The van der Waals surface area contributed by atoms with Crippen molar-refractivity contribution in [2.24, 2.45) is 0 Å². The molecule has 3 nitrogen and oxygen atoms in total. The zero-order valence-corrected chi connectivity index (χ0v) is 35.5. The predicted octanol–water partition coefficient (Wildman–Crippen LogP) is 16.1. The number of hydrogen-bond acceptors (Lipinski definition) is 3. The van der Waals surface area contributed by atoms with Gasteiger partial charge < -0.3 is 9.80 Å². The summed E-state index contributed by atoms with van der Waals surface area (Å²) >= 11 is 0. The molecule has 0 N–H and O–H groups in total. The summed E-state index contributed by atoms with van der Waals surface area (Å²) in [6.07, 6.45) is 0. The molecule has 0 spiro atoms. The Morgan fingerprint density at radius 1 is 0.397 bits per heavy atom. The zero-order chi connectivity index (χ0) is 42.8. The molecule has 0 atom stereocenters. The molecule has 10 aromatic carbocycles. The second-order valence-corrected chi connectivity index (χ2v) is 18.1. The normalized spacial score (nSPS) is 14.0. The Hall–Kier alpha value is -7.74. The lowest BCUT2D eigenvalue weighted by Crippen LogP contribution is -2.16. The summed E-state index contributed by atoms with van der Waals surface area (Å²) < 4.78 is 16.5. The number of rotatable bonds is 6. The highest BCUT2D eigenvalue weighted by molar-refractivity contribution is 6.28. The average molecular weight is 812 g/mol. The summed E-state index contributed by atoms with van der Waals surface area (Å²) in [4.78, 5) is 4.45. The molecule has 63 heavy (non-hydrogen) atoms. The lowest BCUT2D eigenvalue weighted by atomic mass is 9.82. The Kier molecular flexibility index (Phi) is 7.87. The first-order chi connectivity index (χ1) is 30.7. The van der Waals surface area contributed by atoms with Gasteiger partial charge in [-0.3, -0.25) is 0 Å². The highest BCUT2D eigenvalue weighted by atomic mass is 19.1. The topological polar surface area (TPSA) is 30.3 Å². The van der Waals surface area contributed by atoms with Gasteiger partial charge in [-0.15, -0.1) is 0 Å². The number of hydrogen-bond donors (Lipinski definition) is 0. The van der Waals surface area contributed by atoms with Crippen LogP contribution in [0.4, 0.5) is 38.5 Å². The van der Waals surface area contributed by atoms with Crippen molar-refractivity contribution in [1.29, 1.82) is 5.26 Å². The van der Waals surface area contributed by atoms with Crippen molar-refractivity contribution in [2.45, 2.75) is 38.5 Å². The molecule has 0 heterocycles. The summed E-state index contributed by atoms with van der Waals surface area (Å²) in [5.41, 5.74) is 15.0. The number of benzene rings is 10. The Labute approximate surface area is 366 Å². The van der Waals surface area contributed by atoms with Crippen molar-refractivity contribution in [3.63, 3.8) is 0 Å². The fourth-order valence-corrected chi connectivity index (χ4v) is 11.2. The Bertz CT molecular complexity index is 3570. The van der Waals surface area contributed by atoms with Gasteiger partial charge in [0.1, 0.15) is 11.9 Å². The van der Waals surface area contributed by atoms with Crippen molar-refractivity contribution in [3.05, 3.63) is 216 Å². The van der Waals surface area contributed by atoms with Crippen LogP contribution in [0.2, 0.25) is 0 Å². The minimum Gasteiger partial charge on any atom is -0.308 e. The SMILES string of the molecule is CC1(C)c2ccccc2-c2c(N(c3ccccc3F)c3ccc4ccc5c(N(c6ccccc6C#N)c6cccc7c6-c6ccccc6C7(C)C)ccc6ccc3c4c65)cccc21. The van der Waals surface area contributed by atoms with Crippen LogP contribution >= 0.6 is 0 Å². The maximum Gasteiger partial charge on any atom is 0.147 e. The number of nitriles is 1. The number of para-hydroxylation sites is 2. The van der Waals surface area contributed by atoms with Crippen LogP contribution in [-0.4, -0.2) is 0 Å². The smallest absolute Gasteiger partial charge is 0.147 e. The Balaban J connectivity index is 1.15. The van der Waals surface area contributed by atoms with Crippen LogP contribution in [0.25, 0.3) is 54.6 Å². The van der Waals surface area contributed by atoms with Crippen LogP contribution in [0.1, 0.15) is 55.5 Å².